The Morgan fingerprint density at radius 2 is 2.05 bits per heavy atom. The molecule has 98 valence electrons. The van der Waals surface area contributed by atoms with Crippen LogP contribution in [0.15, 0.2) is 12.3 Å². The van der Waals surface area contributed by atoms with Crippen LogP contribution < -0.4 is 0 Å². The van der Waals surface area contributed by atoms with Crippen molar-refractivity contribution in [3.05, 3.63) is 23.5 Å². The third-order valence-corrected chi connectivity index (χ3v) is 3.96. The molecule has 0 atom stereocenters. The molecule has 0 aliphatic heterocycles. The molecule has 0 spiro atoms. The normalized spacial score (nSPS) is 18.9. The average Bonchev–Trinajstić information content (AvgIpc) is 3.26. The van der Waals surface area contributed by atoms with E-state index in [1.165, 1.54) is 18.4 Å². The van der Waals surface area contributed by atoms with E-state index < -0.39 is 5.97 Å². The second-order valence-electron chi connectivity index (χ2n) is 5.58. The summed E-state index contributed by atoms with van der Waals surface area (Å²) < 4.78 is 1.55. The van der Waals surface area contributed by atoms with E-state index in [4.69, 9.17) is 5.11 Å². The molecule has 2 aliphatic carbocycles. The molecule has 2 saturated carbocycles. The second kappa shape index (κ2) is 3.79. The van der Waals surface area contributed by atoms with Gasteiger partial charge >= 0.3 is 5.97 Å². The molecule has 0 unspecified atom stereocenters. The summed E-state index contributed by atoms with van der Waals surface area (Å²) in [5.74, 6) is 0.273. The fourth-order valence-electron chi connectivity index (χ4n) is 2.77. The zero-order valence-corrected chi connectivity index (χ0v) is 10.5. The van der Waals surface area contributed by atoms with Gasteiger partial charge in [0.25, 0.3) is 0 Å². The Balaban J connectivity index is 1.94. The fourth-order valence-corrected chi connectivity index (χ4v) is 2.77. The maximum Gasteiger partial charge on any atom is 0.325 e. The van der Waals surface area contributed by atoms with Gasteiger partial charge in [0, 0.05) is 17.5 Å². The second-order valence-corrected chi connectivity index (χ2v) is 5.58. The summed E-state index contributed by atoms with van der Waals surface area (Å²) in [6, 6.07) is 2.08. The van der Waals surface area contributed by atoms with Crippen molar-refractivity contribution in [1.82, 2.24) is 14.8 Å². The van der Waals surface area contributed by atoms with Crippen LogP contribution in [0.3, 0.4) is 0 Å². The first-order valence-corrected chi connectivity index (χ1v) is 6.81. The molecule has 5 heteroatoms. The van der Waals surface area contributed by atoms with Crippen molar-refractivity contribution >= 4 is 17.0 Å². The maximum absolute atomic E-state index is 10.9. The highest BCUT2D eigenvalue weighted by Crippen LogP contribution is 2.48. The van der Waals surface area contributed by atoms with E-state index in [1.54, 1.807) is 10.9 Å². The minimum Gasteiger partial charge on any atom is -0.480 e. The van der Waals surface area contributed by atoms with Crippen LogP contribution in [0, 0.1) is 0 Å². The molecule has 2 fully saturated rings. The van der Waals surface area contributed by atoms with E-state index >= 15 is 0 Å². The zero-order valence-electron chi connectivity index (χ0n) is 10.5. The summed E-state index contributed by atoms with van der Waals surface area (Å²) in [5.41, 5.74) is 3.14. The maximum atomic E-state index is 10.9. The zero-order chi connectivity index (χ0) is 13.0. The monoisotopic (exact) mass is 257 g/mol. The number of carbonyl (C=O) groups is 1. The minimum atomic E-state index is -0.870. The van der Waals surface area contributed by atoms with Crippen LogP contribution in [0.1, 0.15) is 48.8 Å². The number of hydrogen-bond acceptors (Lipinski definition) is 3. The first-order chi connectivity index (χ1) is 9.24. The smallest absolute Gasteiger partial charge is 0.325 e. The van der Waals surface area contributed by atoms with E-state index in [9.17, 15) is 4.79 Å². The number of nitrogens with zero attached hydrogens (tertiary/aromatic N) is 3. The first kappa shape index (κ1) is 11.0. The average molecular weight is 257 g/mol. The van der Waals surface area contributed by atoms with Crippen molar-refractivity contribution in [3.8, 4) is 0 Å². The van der Waals surface area contributed by atoms with E-state index in [-0.39, 0.29) is 6.54 Å². The number of pyridine rings is 1. The summed E-state index contributed by atoms with van der Waals surface area (Å²) in [6.45, 7) is -0.107. The van der Waals surface area contributed by atoms with Crippen LogP contribution in [0.4, 0.5) is 0 Å². The number of rotatable bonds is 4. The Bertz CT molecular complexity index is 669. The molecule has 0 saturated heterocycles. The van der Waals surface area contributed by atoms with Gasteiger partial charge in [0.05, 0.1) is 5.69 Å². The van der Waals surface area contributed by atoms with Crippen molar-refractivity contribution in [2.45, 2.75) is 44.1 Å². The van der Waals surface area contributed by atoms with Crippen LogP contribution >= 0.6 is 0 Å². The quantitative estimate of drug-likeness (QED) is 0.912. The van der Waals surface area contributed by atoms with Crippen molar-refractivity contribution in [2.75, 3.05) is 0 Å². The number of carboxylic acid groups (broad SMARTS) is 1. The van der Waals surface area contributed by atoms with Crippen molar-refractivity contribution in [3.63, 3.8) is 0 Å². The molecule has 5 nitrogen and oxygen atoms in total. The molecular formula is C14H15N3O2. The Hall–Kier alpha value is -1.91. The summed E-state index contributed by atoms with van der Waals surface area (Å²) in [7, 11) is 0. The van der Waals surface area contributed by atoms with Gasteiger partial charge in [-0.05, 0) is 43.2 Å². The third kappa shape index (κ3) is 1.80. The highest BCUT2D eigenvalue weighted by molar-refractivity contribution is 5.85. The lowest BCUT2D eigenvalue weighted by atomic mass is 10.0. The predicted octanol–water partition coefficient (Wildman–Crippen LogP) is 2.27. The minimum absolute atomic E-state index is 0.107. The summed E-state index contributed by atoms with van der Waals surface area (Å²) in [4.78, 5) is 15.3. The van der Waals surface area contributed by atoms with Gasteiger partial charge in [-0.15, -0.1) is 0 Å². The van der Waals surface area contributed by atoms with E-state index in [2.05, 4.69) is 16.1 Å². The van der Waals surface area contributed by atoms with Gasteiger partial charge in [-0.25, -0.2) is 9.67 Å². The Kier molecular flexibility index (Phi) is 2.19. The lowest BCUT2D eigenvalue weighted by molar-refractivity contribution is -0.137. The molecule has 0 aromatic carbocycles. The van der Waals surface area contributed by atoms with Gasteiger partial charge in [0.15, 0.2) is 5.65 Å². The standard InChI is InChI=1S/C14H15N3O2/c18-11(19)7-17-14-12(13(16-17)9-3-4-9)10(5-6-15-14)8-1-2-8/h5-6,8-9H,1-4,7H2,(H,18,19). The van der Waals surface area contributed by atoms with Crippen LogP contribution in [0.2, 0.25) is 0 Å². The SMILES string of the molecule is O=C(O)Cn1nc(C2CC2)c2c(C3CC3)ccnc21. The van der Waals surface area contributed by atoms with Crippen LogP contribution in [0.25, 0.3) is 11.0 Å². The number of hydrogen-bond donors (Lipinski definition) is 1. The Labute approximate surface area is 110 Å². The number of aliphatic carboxylic acids is 1. The highest BCUT2D eigenvalue weighted by Gasteiger charge is 2.34. The largest absolute Gasteiger partial charge is 0.480 e. The molecule has 4 rings (SSSR count). The van der Waals surface area contributed by atoms with Gasteiger partial charge in [0.2, 0.25) is 0 Å². The molecule has 2 heterocycles. The molecule has 19 heavy (non-hydrogen) atoms. The van der Waals surface area contributed by atoms with Crippen molar-refractivity contribution in [1.29, 1.82) is 0 Å². The molecular weight excluding hydrogens is 242 g/mol. The fraction of sp³-hybridized carbons (Fsp3) is 0.500. The lowest BCUT2D eigenvalue weighted by Gasteiger charge is -2.02. The Morgan fingerprint density at radius 3 is 2.68 bits per heavy atom. The predicted molar refractivity (Wildman–Crippen MR) is 69.1 cm³/mol. The van der Waals surface area contributed by atoms with Crippen LogP contribution in [0.5, 0.6) is 0 Å². The lowest BCUT2D eigenvalue weighted by Crippen LogP contribution is -2.10. The Morgan fingerprint density at radius 1 is 1.32 bits per heavy atom. The summed E-state index contributed by atoms with van der Waals surface area (Å²) in [6.07, 6.45) is 6.57. The molecule has 1 N–H and O–H groups in total. The third-order valence-electron chi connectivity index (χ3n) is 3.96. The molecule has 0 bridgehead atoms. The highest BCUT2D eigenvalue weighted by atomic mass is 16.4. The van der Waals surface area contributed by atoms with Gasteiger partial charge < -0.3 is 5.11 Å². The van der Waals surface area contributed by atoms with E-state index in [0.717, 1.165) is 29.6 Å². The summed E-state index contributed by atoms with van der Waals surface area (Å²) in [5, 5.41) is 14.7. The van der Waals surface area contributed by atoms with Crippen molar-refractivity contribution in [2.24, 2.45) is 0 Å². The number of fused-ring (bicyclic) bond motifs is 1. The van der Waals surface area contributed by atoms with Gasteiger partial charge in [0.1, 0.15) is 6.54 Å². The number of aromatic nitrogens is 3. The number of carboxylic acids is 1. The molecule has 0 radical (unpaired) electrons. The van der Waals surface area contributed by atoms with Gasteiger partial charge in [-0.3, -0.25) is 4.79 Å². The molecule has 2 aromatic heterocycles. The molecule has 2 aromatic rings. The molecule has 0 amide bonds. The summed E-state index contributed by atoms with van der Waals surface area (Å²) >= 11 is 0. The van der Waals surface area contributed by atoms with E-state index in [0.29, 0.717) is 11.8 Å². The van der Waals surface area contributed by atoms with Gasteiger partial charge in [-0.1, -0.05) is 0 Å². The first-order valence-electron chi connectivity index (χ1n) is 6.81. The molecule has 2 aliphatic rings. The van der Waals surface area contributed by atoms with Crippen LogP contribution in [-0.2, 0) is 11.3 Å². The van der Waals surface area contributed by atoms with Crippen molar-refractivity contribution < 1.29 is 9.90 Å². The topological polar surface area (TPSA) is 68.0 Å². The van der Waals surface area contributed by atoms with Crippen LogP contribution in [-0.4, -0.2) is 25.8 Å². The van der Waals surface area contributed by atoms with Gasteiger partial charge in [-0.2, -0.15) is 5.10 Å². The van der Waals surface area contributed by atoms with E-state index in [1.807, 2.05) is 0 Å².